The molecule has 1 aliphatic heterocycles. The van der Waals surface area contributed by atoms with Gasteiger partial charge in [0.2, 0.25) is 0 Å². The molecular formula is C18H12Cl2N2O2. The summed E-state index contributed by atoms with van der Waals surface area (Å²) in [6, 6.07) is 10.1. The van der Waals surface area contributed by atoms with Crippen LogP contribution in [0.1, 0.15) is 17.8 Å². The third kappa shape index (κ3) is 2.48. The summed E-state index contributed by atoms with van der Waals surface area (Å²) < 4.78 is 1.68. The molecule has 6 heteroatoms. The standard InChI is InChI=1S/C18H12Cl2N2O2/c19-12-2-3-13-15(9-12)21-17-11(5-6-22(17)18(13)24)7-10-1-4-16(23)14(20)8-10/h1-4,7-9,23H,5-6H2/b11-7-. The lowest BCUT2D eigenvalue weighted by Gasteiger charge is -2.06. The molecule has 0 saturated heterocycles. The van der Waals surface area contributed by atoms with Gasteiger partial charge >= 0.3 is 0 Å². The minimum Gasteiger partial charge on any atom is -0.506 e. The zero-order valence-corrected chi connectivity index (χ0v) is 14.0. The van der Waals surface area contributed by atoms with Crippen molar-refractivity contribution < 1.29 is 5.11 Å². The lowest BCUT2D eigenvalue weighted by atomic mass is 10.1. The van der Waals surface area contributed by atoms with Crippen LogP contribution in [0.25, 0.3) is 22.6 Å². The highest BCUT2D eigenvalue weighted by molar-refractivity contribution is 6.32. The van der Waals surface area contributed by atoms with Gasteiger partial charge in [-0.1, -0.05) is 29.3 Å². The molecule has 0 amide bonds. The van der Waals surface area contributed by atoms with Crippen molar-refractivity contribution in [1.82, 2.24) is 9.55 Å². The Labute approximate surface area is 147 Å². The predicted octanol–water partition coefficient (Wildman–Crippen LogP) is 4.35. The van der Waals surface area contributed by atoms with E-state index in [9.17, 15) is 9.90 Å². The quantitative estimate of drug-likeness (QED) is 0.703. The summed E-state index contributed by atoms with van der Waals surface area (Å²) in [5, 5.41) is 10.9. The number of benzene rings is 2. The van der Waals surface area contributed by atoms with Gasteiger partial charge in [0.1, 0.15) is 11.6 Å². The summed E-state index contributed by atoms with van der Waals surface area (Å²) in [4.78, 5) is 17.2. The number of fused-ring (bicyclic) bond motifs is 2. The van der Waals surface area contributed by atoms with Crippen molar-refractivity contribution in [2.24, 2.45) is 0 Å². The number of aromatic nitrogens is 2. The molecule has 2 aromatic carbocycles. The van der Waals surface area contributed by atoms with Crippen LogP contribution in [0.3, 0.4) is 0 Å². The van der Waals surface area contributed by atoms with E-state index in [0.29, 0.717) is 34.7 Å². The van der Waals surface area contributed by atoms with Crippen molar-refractivity contribution in [2.75, 3.05) is 0 Å². The van der Waals surface area contributed by atoms with E-state index in [1.54, 1.807) is 41.0 Å². The fraction of sp³-hybridized carbons (Fsp3) is 0.111. The number of halogens is 2. The molecule has 2 heterocycles. The first-order valence-electron chi connectivity index (χ1n) is 7.42. The van der Waals surface area contributed by atoms with Crippen molar-refractivity contribution >= 4 is 45.8 Å². The fourth-order valence-corrected chi connectivity index (χ4v) is 3.30. The molecule has 0 spiro atoms. The van der Waals surface area contributed by atoms with Crippen molar-refractivity contribution in [2.45, 2.75) is 13.0 Å². The predicted molar refractivity (Wildman–Crippen MR) is 96.6 cm³/mol. The van der Waals surface area contributed by atoms with Gasteiger partial charge in [-0.05, 0) is 54.0 Å². The second kappa shape index (κ2) is 5.65. The summed E-state index contributed by atoms with van der Waals surface area (Å²) in [5.41, 5.74) is 2.34. The summed E-state index contributed by atoms with van der Waals surface area (Å²) >= 11 is 12.0. The molecule has 1 aromatic heterocycles. The van der Waals surface area contributed by atoms with E-state index in [1.165, 1.54) is 0 Å². The van der Waals surface area contributed by atoms with Crippen molar-refractivity contribution in [3.05, 3.63) is 68.2 Å². The summed E-state index contributed by atoms with van der Waals surface area (Å²) in [7, 11) is 0. The molecule has 1 aliphatic rings. The zero-order valence-electron chi connectivity index (χ0n) is 12.5. The Hall–Kier alpha value is -2.30. The van der Waals surface area contributed by atoms with Crippen LogP contribution in [0.4, 0.5) is 0 Å². The maximum Gasteiger partial charge on any atom is 0.261 e. The minimum atomic E-state index is -0.0567. The molecule has 0 radical (unpaired) electrons. The van der Waals surface area contributed by atoms with Crippen molar-refractivity contribution in [3.63, 3.8) is 0 Å². The van der Waals surface area contributed by atoms with E-state index >= 15 is 0 Å². The Kier molecular flexibility index (Phi) is 3.59. The van der Waals surface area contributed by atoms with Crippen molar-refractivity contribution in [1.29, 1.82) is 0 Å². The van der Waals surface area contributed by atoms with Gasteiger partial charge in [-0.25, -0.2) is 4.98 Å². The minimum absolute atomic E-state index is 0.0422. The summed E-state index contributed by atoms with van der Waals surface area (Å²) in [6.45, 7) is 0.595. The highest BCUT2D eigenvalue weighted by atomic mass is 35.5. The van der Waals surface area contributed by atoms with Gasteiger partial charge in [0.15, 0.2) is 0 Å². The largest absolute Gasteiger partial charge is 0.506 e. The molecule has 1 N–H and O–H groups in total. The average molecular weight is 359 g/mol. The number of rotatable bonds is 1. The van der Waals surface area contributed by atoms with Gasteiger partial charge in [0, 0.05) is 11.6 Å². The van der Waals surface area contributed by atoms with Gasteiger partial charge < -0.3 is 5.11 Å². The Balaban J connectivity index is 1.89. The van der Waals surface area contributed by atoms with E-state index in [2.05, 4.69) is 4.98 Å². The third-order valence-corrected chi connectivity index (χ3v) is 4.66. The number of allylic oxidation sites excluding steroid dienone is 1. The Morgan fingerprint density at radius 1 is 1.17 bits per heavy atom. The lowest BCUT2D eigenvalue weighted by Crippen LogP contribution is -2.20. The summed E-state index contributed by atoms with van der Waals surface area (Å²) in [5.74, 6) is 0.694. The Morgan fingerprint density at radius 2 is 2.00 bits per heavy atom. The Bertz CT molecular complexity index is 1070. The van der Waals surface area contributed by atoms with E-state index < -0.39 is 0 Å². The molecule has 0 atom stereocenters. The third-order valence-electron chi connectivity index (χ3n) is 4.12. The summed E-state index contributed by atoms with van der Waals surface area (Å²) in [6.07, 6.45) is 2.65. The molecule has 0 aliphatic carbocycles. The second-order valence-electron chi connectivity index (χ2n) is 5.68. The maximum atomic E-state index is 12.6. The van der Waals surface area contributed by atoms with E-state index in [1.807, 2.05) is 6.08 Å². The van der Waals surface area contributed by atoms with E-state index in [4.69, 9.17) is 23.2 Å². The number of aromatic hydroxyl groups is 1. The van der Waals surface area contributed by atoms with E-state index in [-0.39, 0.29) is 16.3 Å². The molecule has 0 unspecified atom stereocenters. The van der Waals surface area contributed by atoms with Crippen LogP contribution >= 0.6 is 23.2 Å². The average Bonchev–Trinajstić information content (AvgIpc) is 2.94. The molecule has 4 rings (SSSR count). The van der Waals surface area contributed by atoms with E-state index in [0.717, 1.165) is 11.1 Å². The van der Waals surface area contributed by atoms with Crippen LogP contribution < -0.4 is 5.56 Å². The molecule has 24 heavy (non-hydrogen) atoms. The molecule has 0 bridgehead atoms. The van der Waals surface area contributed by atoms with Crippen LogP contribution in [-0.2, 0) is 6.54 Å². The van der Waals surface area contributed by atoms with Crippen molar-refractivity contribution in [3.8, 4) is 5.75 Å². The highest BCUT2D eigenvalue weighted by Gasteiger charge is 2.21. The molecule has 4 nitrogen and oxygen atoms in total. The van der Waals surface area contributed by atoms with Gasteiger partial charge in [0.05, 0.1) is 15.9 Å². The molecular weight excluding hydrogens is 347 g/mol. The van der Waals surface area contributed by atoms with Crippen LogP contribution in [0.15, 0.2) is 41.2 Å². The number of phenolic OH excluding ortho intramolecular Hbond substituents is 1. The van der Waals surface area contributed by atoms with Gasteiger partial charge in [0.25, 0.3) is 5.56 Å². The number of phenols is 1. The smallest absolute Gasteiger partial charge is 0.261 e. The fourth-order valence-electron chi connectivity index (χ4n) is 2.94. The molecule has 0 saturated carbocycles. The van der Waals surface area contributed by atoms with Crippen LogP contribution in [0, 0.1) is 0 Å². The Morgan fingerprint density at radius 3 is 2.79 bits per heavy atom. The number of hydrogen-bond acceptors (Lipinski definition) is 3. The SMILES string of the molecule is O=c1c2ccc(Cl)cc2nc2n1CC/C2=C/c1ccc(O)c(Cl)c1. The number of nitrogens with zero attached hydrogens (tertiary/aromatic N) is 2. The van der Waals surface area contributed by atoms with Crippen LogP contribution in [0.5, 0.6) is 5.75 Å². The highest BCUT2D eigenvalue weighted by Crippen LogP contribution is 2.30. The number of hydrogen-bond donors (Lipinski definition) is 1. The van der Waals surface area contributed by atoms with Crippen LogP contribution in [-0.4, -0.2) is 14.7 Å². The monoisotopic (exact) mass is 358 g/mol. The van der Waals surface area contributed by atoms with Gasteiger partial charge in [-0.15, -0.1) is 0 Å². The molecule has 0 fully saturated rings. The first-order chi connectivity index (χ1) is 11.5. The first-order valence-corrected chi connectivity index (χ1v) is 8.18. The lowest BCUT2D eigenvalue weighted by molar-refractivity contribution is 0.475. The normalized spacial score (nSPS) is 15.2. The van der Waals surface area contributed by atoms with Gasteiger partial charge in [-0.3, -0.25) is 9.36 Å². The van der Waals surface area contributed by atoms with Crippen LogP contribution in [0.2, 0.25) is 10.0 Å². The topological polar surface area (TPSA) is 55.1 Å². The second-order valence-corrected chi connectivity index (χ2v) is 6.53. The first kappa shape index (κ1) is 15.2. The molecule has 120 valence electrons. The van der Waals surface area contributed by atoms with Gasteiger partial charge in [-0.2, -0.15) is 0 Å². The maximum absolute atomic E-state index is 12.6. The molecule has 3 aromatic rings. The zero-order chi connectivity index (χ0) is 16.8.